The average molecular weight is 627 g/mol. The second-order valence-corrected chi connectivity index (χ2v) is 9.25. The highest BCUT2D eigenvalue weighted by Crippen LogP contribution is 2.31. The summed E-state index contributed by atoms with van der Waals surface area (Å²) in [5.74, 6) is -4.08. The summed E-state index contributed by atoms with van der Waals surface area (Å²) in [5.41, 5.74) is 2.99. The number of benzene rings is 2. The summed E-state index contributed by atoms with van der Waals surface area (Å²) in [7, 11) is 0. The van der Waals surface area contributed by atoms with E-state index in [0.29, 0.717) is 16.2 Å². The summed E-state index contributed by atoms with van der Waals surface area (Å²) in [4.78, 5) is 31.7. The molecule has 9 nitrogen and oxygen atoms in total. The molecule has 0 aliphatic carbocycles. The Morgan fingerprint density at radius 3 is 1.45 bits per heavy atom. The molecule has 42 heavy (non-hydrogen) atoms. The van der Waals surface area contributed by atoms with E-state index in [1.165, 1.54) is 63.3 Å². The first kappa shape index (κ1) is 33.6. The van der Waals surface area contributed by atoms with Gasteiger partial charge in [0, 0.05) is 11.1 Å². The minimum atomic E-state index is -5.05. The third kappa shape index (κ3) is 6.33. The van der Waals surface area contributed by atoms with Crippen LogP contribution in [-0.4, -0.2) is 52.2 Å². The fourth-order valence-corrected chi connectivity index (χ4v) is 4.77. The van der Waals surface area contributed by atoms with Gasteiger partial charge in [-0.05, 0) is 48.5 Å². The number of carboxylic acid groups (broad SMARTS) is 1. The first-order valence-corrected chi connectivity index (χ1v) is 12.3. The number of nitrogens with zero attached hydrogens (tertiary/aromatic N) is 6. The van der Waals surface area contributed by atoms with Crippen LogP contribution >= 0.6 is 22.7 Å². The number of fused-ring (bicyclic) bond motifs is 2. The van der Waals surface area contributed by atoms with Gasteiger partial charge in [-0.3, -0.25) is 4.79 Å². The van der Waals surface area contributed by atoms with Gasteiger partial charge in [0.2, 0.25) is 9.92 Å². The number of rotatable bonds is 4. The number of carboxylic acids is 1. The molecule has 0 radical (unpaired) electrons. The molecule has 0 amide bonds. The standard InChI is InChI=1S/C12H5F4N3OS.C11H6FN3O2S.3CH4/c13-7-3-1-6(2-4-7)8-9(10(20)12(14,15)16)19-11(18-8)21-5-17-19;12-7-3-1-6(2-4-7)8-9(10(16)17)15-11(14-8)18-5-13-15;;;/h1-5H;1-5H,(H,16,17);3*1H4. The third-order valence-corrected chi connectivity index (χ3v) is 6.55. The van der Waals surface area contributed by atoms with Crippen LogP contribution in [0.1, 0.15) is 43.3 Å². The monoisotopic (exact) mass is 626 g/mol. The lowest BCUT2D eigenvalue weighted by Crippen LogP contribution is -2.25. The zero-order chi connectivity index (χ0) is 27.9. The third-order valence-electron chi connectivity index (χ3n) is 5.20. The molecule has 2 aromatic carbocycles. The number of hydrogen-bond donors (Lipinski definition) is 1. The van der Waals surface area contributed by atoms with E-state index in [9.17, 15) is 36.6 Å². The Morgan fingerprint density at radius 2 is 1.07 bits per heavy atom. The molecule has 6 aromatic rings. The minimum absolute atomic E-state index is 0. The Balaban J connectivity index is 0.000000276. The highest BCUT2D eigenvalue weighted by Gasteiger charge is 2.43. The summed E-state index contributed by atoms with van der Waals surface area (Å²) in [6.45, 7) is 0. The first-order valence-electron chi connectivity index (χ1n) is 10.6. The summed E-state index contributed by atoms with van der Waals surface area (Å²) in [6.07, 6.45) is -5.05. The van der Waals surface area contributed by atoms with E-state index in [2.05, 4.69) is 20.2 Å². The van der Waals surface area contributed by atoms with Crippen LogP contribution in [0, 0.1) is 11.6 Å². The molecule has 0 fully saturated rings. The maximum Gasteiger partial charge on any atom is 0.456 e. The molecule has 16 heteroatoms. The van der Waals surface area contributed by atoms with E-state index in [0.717, 1.165) is 28.0 Å². The quantitative estimate of drug-likeness (QED) is 0.159. The van der Waals surface area contributed by atoms with Gasteiger partial charge in [0.1, 0.15) is 39.7 Å². The molecule has 0 aliphatic heterocycles. The number of carbonyl (C=O) groups is 2. The van der Waals surface area contributed by atoms with Crippen molar-refractivity contribution in [3.05, 3.63) is 82.6 Å². The van der Waals surface area contributed by atoms with E-state index in [4.69, 9.17) is 0 Å². The van der Waals surface area contributed by atoms with E-state index < -0.39 is 29.4 Å². The molecule has 0 unspecified atom stereocenters. The van der Waals surface area contributed by atoms with Crippen molar-refractivity contribution in [1.29, 1.82) is 0 Å². The van der Waals surface area contributed by atoms with Gasteiger partial charge in [-0.1, -0.05) is 45.0 Å². The molecule has 0 spiro atoms. The van der Waals surface area contributed by atoms with Crippen LogP contribution in [0.4, 0.5) is 22.0 Å². The van der Waals surface area contributed by atoms with Crippen molar-refractivity contribution in [2.24, 2.45) is 0 Å². The fraction of sp³-hybridized carbons (Fsp3) is 0.154. The van der Waals surface area contributed by atoms with E-state index in [1.54, 1.807) is 0 Å². The number of ketones is 1. The lowest BCUT2D eigenvalue weighted by Gasteiger charge is -2.06. The molecule has 4 heterocycles. The highest BCUT2D eigenvalue weighted by atomic mass is 32.1. The van der Waals surface area contributed by atoms with E-state index >= 15 is 0 Å². The Morgan fingerprint density at radius 1 is 0.690 bits per heavy atom. The Hall–Kier alpha value is -4.57. The number of aromatic carboxylic acids is 1. The zero-order valence-corrected chi connectivity index (χ0v) is 20.6. The van der Waals surface area contributed by atoms with Crippen molar-refractivity contribution in [3.63, 3.8) is 0 Å². The number of aromatic nitrogens is 6. The normalized spacial score (nSPS) is 10.7. The van der Waals surface area contributed by atoms with Gasteiger partial charge in [-0.15, -0.1) is 0 Å². The number of halogens is 5. The van der Waals surface area contributed by atoms with Crippen molar-refractivity contribution in [1.82, 2.24) is 29.2 Å². The fourth-order valence-electron chi connectivity index (χ4n) is 3.53. The molecule has 1 N–H and O–H groups in total. The molecule has 222 valence electrons. The molecular weight excluding hydrogens is 603 g/mol. The van der Waals surface area contributed by atoms with Crippen LogP contribution < -0.4 is 0 Å². The average Bonchev–Trinajstić information content (AvgIpc) is 3.65. The molecular formula is C26H23F5N6O3S2. The summed E-state index contributed by atoms with van der Waals surface area (Å²) in [5, 5.41) is 16.8. The van der Waals surface area contributed by atoms with Gasteiger partial charge < -0.3 is 5.11 Å². The molecule has 0 bridgehead atoms. The van der Waals surface area contributed by atoms with Crippen LogP contribution in [-0.2, 0) is 0 Å². The zero-order valence-electron chi connectivity index (χ0n) is 18.9. The number of imidazole rings is 2. The Labute approximate surface area is 243 Å². The second-order valence-electron chi connectivity index (χ2n) is 7.63. The molecule has 0 aliphatic rings. The predicted octanol–water partition coefficient (Wildman–Crippen LogP) is 7.55. The maximum absolute atomic E-state index is 12.9. The van der Waals surface area contributed by atoms with Gasteiger partial charge in [0.25, 0.3) is 5.78 Å². The van der Waals surface area contributed by atoms with Crippen LogP contribution in [0.25, 0.3) is 32.4 Å². The van der Waals surface area contributed by atoms with Crippen LogP contribution in [0.2, 0.25) is 0 Å². The van der Waals surface area contributed by atoms with Gasteiger partial charge >= 0.3 is 12.1 Å². The van der Waals surface area contributed by atoms with E-state index in [-0.39, 0.29) is 50.0 Å². The highest BCUT2D eigenvalue weighted by molar-refractivity contribution is 7.15. The molecule has 0 saturated carbocycles. The Bertz CT molecular complexity index is 1820. The maximum atomic E-state index is 12.9. The van der Waals surface area contributed by atoms with Crippen molar-refractivity contribution >= 4 is 44.3 Å². The van der Waals surface area contributed by atoms with E-state index in [1.807, 2.05) is 0 Å². The van der Waals surface area contributed by atoms with Gasteiger partial charge in [-0.2, -0.15) is 32.4 Å². The van der Waals surface area contributed by atoms with Crippen molar-refractivity contribution < 1.29 is 36.6 Å². The van der Waals surface area contributed by atoms with Gasteiger partial charge in [-0.25, -0.2) is 23.5 Å². The predicted molar refractivity (Wildman–Crippen MR) is 150 cm³/mol. The topological polar surface area (TPSA) is 115 Å². The smallest absolute Gasteiger partial charge is 0.456 e. The van der Waals surface area contributed by atoms with Crippen molar-refractivity contribution in [2.45, 2.75) is 28.5 Å². The summed E-state index contributed by atoms with van der Waals surface area (Å²) in [6, 6.07) is 10.2. The minimum Gasteiger partial charge on any atom is -0.476 e. The number of carbonyl (C=O) groups excluding carboxylic acids is 1. The molecule has 0 atom stereocenters. The summed E-state index contributed by atoms with van der Waals surface area (Å²) < 4.78 is 66.1. The van der Waals surface area contributed by atoms with Crippen molar-refractivity contribution in [2.75, 3.05) is 0 Å². The lowest BCUT2D eigenvalue weighted by atomic mass is 10.1. The summed E-state index contributed by atoms with van der Waals surface area (Å²) >= 11 is 2.24. The largest absolute Gasteiger partial charge is 0.476 e. The molecule has 4 aromatic heterocycles. The van der Waals surface area contributed by atoms with Gasteiger partial charge in [0.15, 0.2) is 5.69 Å². The SMILES string of the molecule is C.C.C.O=C(O)c1c(-c2ccc(F)cc2)nc2scnn12.O=C(c1c(-c2ccc(F)cc2)nc2scnn12)C(F)(F)F. The van der Waals surface area contributed by atoms with Crippen LogP contribution in [0.5, 0.6) is 0 Å². The lowest BCUT2D eigenvalue weighted by molar-refractivity contribution is -0.0889. The Kier molecular flexibility index (Phi) is 10.4. The number of Topliss-reactive ketones (excluding diaryl/α,β-unsaturated/α-hetero) is 1. The van der Waals surface area contributed by atoms with Crippen LogP contribution in [0.3, 0.4) is 0 Å². The van der Waals surface area contributed by atoms with Crippen LogP contribution in [0.15, 0.2) is 59.6 Å². The second kappa shape index (κ2) is 12.9. The van der Waals surface area contributed by atoms with Gasteiger partial charge in [0.05, 0.1) is 0 Å². The first-order chi connectivity index (χ1) is 18.5. The molecule has 0 saturated heterocycles. The van der Waals surface area contributed by atoms with Crippen molar-refractivity contribution in [3.8, 4) is 22.5 Å². The molecule has 6 rings (SSSR count). The number of hydrogen-bond acceptors (Lipinski definition) is 8. The number of alkyl halides is 3.